The van der Waals surface area contributed by atoms with Crippen LogP contribution >= 0.6 is 11.6 Å². The summed E-state index contributed by atoms with van der Waals surface area (Å²) in [5.41, 5.74) is 6.81. The predicted octanol–water partition coefficient (Wildman–Crippen LogP) is 3.88. The van der Waals surface area contributed by atoms with Crippen LogP contribution in [-0.4, -0.2) is 18.2 Å². The number of halogens is 1. The molecule has 1 aliphatic rings. The molecule has 0 aromatic heterocycles. The molecule has 24 heavy (non-hydrogen) atoms. The van der Waals surface area contributed by atoms with Crippen LogP contribution in [0.5, 0.6) is 5.75 Å². The van der Waals surface area contributed by atoms with Crippen molar-refractivity contribution in [1.29, 1.82) is 0 Å². The largest absolute Gasteiger partial charge is 0.483 e. The van der Waals surface area contributed by atoms with Crippen molar-refractivity contribution in [2.45, 2.75) is 26.2 Å². The number of hydrogen-bond donors (Lipinski definition) is 1. The Labute approximate surface area is 146 Å². The van der Waals surface area contributed by atoms with Crippen LogP contribution in [0, 0.1) is 6.92 Å². The number of nitrogens with zero attached hydrogens (tertiary/aromatic N) is 1. The van der Waals surface area contributed by atoms with Crippen LogP contribution in [0.1, 0.15) is 29.5 Å². The standard InChI is InChI=1S/C19H19ClN2O2/c1-13-11-15(20)9-10-18(13)24-12-19(23)22-21-17-8-4-6-14-5-2-3-7-16(14)17/h2-3,5,7,9-11H,4,6,8,12H2,1H3,(H,22,23)/b21-17-. The Morgan fingerprint density at radius 2 is 2.08 bits per heavy atom. The first-order valence-corrected chi connectivity index (χ1v) is 8.34. The minimum absolute atomic E-state index is 0.0824. The molecule has 0 atom stereocenters. The van der Waals surface area contributed by atoms with Crippen molar-refractivity contribution < 1.29 is 9.53 Å². The molecular weight excluding hydrogens is 324 g/mol. The number of ether oxygens (including phenoxy) is 1. The van der Waals surface area contributed by atoms with Crippen LogP contribution < -0.4 is 10.2 Å². The summed E-state index contributed by atoms with van der Waals surface area (Å²) in [5.74, 6) is 0.366. The van der Waals surface area contributed by atoms with Gasteiger partial charge in [-0.25, -0.2) is 5.43 Å². The van der Waals surface area contributed by atoms with E-state index in [1.165, 1.54) is 5.56 Å². The smallest absolute Gasteiger partial charge is 0.277 e. The van der Waals surface area contributed by atoms with Gasteiger partial charge in [-0.3, -0.25) is 4.79 Å². The molecule has 0 saturated heterocycles. The van der Waals surface area contributed by atoms with E-state index in [0.29, 0.717) is 10.8 Å². The van der Waals surface area contributed by atoms with Gasteiger partial charge in [0, 0.05) is 10.6 Å². The normalized spacial score (nSPS) is 15.0. The van der Waals surface area contributed by atoms with Crippen LogP contribution in [0.2, 0.25) is 5.02 Å². The topological polar surface area (TPSA) is 50.7 Å². The van der Waals surface area contributed by atoms with Gasteiger partial charge in [0.25, 0.3) is 5.91 Å². The minimum Gasteiger partial charge on any atom is -0.483 e. The summed E-state index contributed by atoms with van der Waals surface area (Å²) in [6.07, 6.45) is 2.97. The SMILES string of the molecule is Cc1cc(Cl)ccc1OCC(=O)N/N=C1/CCCc2ccccc21. The molecule has 1 N–H and O–H groups in total. The fourth-order valence-electron chi connectivity index (χ4n) is 2.80. The van der Waals surface area contributed by atoms with Crippen LogP contribution in [0.4, 0.5) is 0 Å². The number of aryl methyl sites for hydroxylation is 2. The predicted molar refractivity (Wildman–Crippen MR) is 95.7 cm³/mol. The third kappa shape index (κ3) is 3.95. The van der Waals surface area contributed by atoms with Gasteiger partial charge in [0.1, 0.15) is 5.75 Å². The van der Waals surface area contributed by atoms with E-state index in [1.807, 2.05) is 25.1 Å². The summed E-state index contributed by atoms with van der Waals surface area (Å²) in [6, 6.07) is 13.5. The second-order valence-electron chi connectivity index (χ2n) is 5.80. The lowest BCUT2D eigenvalue weighted by molar-refractivity contribution is -0.123. The molecule has 0 fully saturated rings. The van der Waals surface area contributed by atoms with E-state index in [1.54, 1.807) is 18.2 Å². The third-order valence-corrected chi connectivity index (χ3v) is 4.23. The Hall–Kier alpha value is -2.33. The molecule has 0 radical (unpaired) electrons. The monoisotopic (exact) mass is 342 g/mol. The zero-order chi connectivity index (χ0) is 16.9. The molecule has 0 saturated carbocycles. The lowest BCUT2D eigenvalue weighted by Crippen LogP contribution is -2.27. The quantitative estimate of drug-likeness (QED) is 0.857. The summed E-state index contributed by atoms with van der Waals surface area (Å²) in [5, 5.41) is 4.93. The van der Waals surface area contributed by atoms with Crippen LogP contribution in [0.15, 0.2) is 47.6 Å². The molecule has 0 bridgehead atoms. The van der Waals surface area contributed by atoms with Gasteiger partial charge >= 0.3 is 0 Å². The number of carbonyl (C=O) groups excluding carboxylic acids is 1. The summed E-state index contributed by atoms with van der Waals surface area (Å²) < 4.78 is 5.52. The molecule has 5 heteroatoms. The van der Waals surface area contributed by atoms with Crippen molar-refractivity contribution in [2.24, 2.45) is 5.10 Å². The summed E-state index contributed by atoms with van der Waals surface area (Å²) >= 11 is 5.90. The van der Waals surface area contributed by atoms with E-state index < -0.39 is 0 Å². The first-order valence-electron chi connectivity index (χ1n) is 7.96. The molecule has 124 valence electrons. The van der Waals surface area contributed by atoms with E-state index in [9.17, 15) is 4.79 Å². The number of nitrogens with one attached hydrogen (secondary N) is 1. The maximum atomic E-state index is 12.0. The van der Waals surface area contributed by atoms with Crippen LogP contribution in [0.25, 0.3) is 0 Å². The Balaban J connectivity index is 1.60. The lowest BCUT2D eigenvalue weighted by Gasteiger charge is -2.17. The number of hydrogen-bond acceptors (Lipinski definition) is 3. The highest BCUT2D eigenvalue weighted by Crippen LogP contribution is 2.22. The molecule has 0 spiro atoms. The molecular formula is C19H19ClN2O2. The van der Waals surface area contributed by atoms with Crippen molar-refractivity contribution >= 4 is 23.2 Å². The Morgan fingerprint density at radius 1 is 1.25 bits per heavy atom. The third-order valence-electron chi connectivity index (χ3n) is 4.00. The van der Waals surface area contributed by atoms with Gasteiger partial charge < -0.3 is 4.74 Å². The van der Waals surface area contributed by atoms with Gasteiger partial charge in [-0.2, -0.15) is 5.10 Å². The van der Waals surface area contributed by atoms with Gasteiger partial charge in [-0.05, 0) is 55.5 Å². The number of amides is 1. The molecule has 0 unspecified atom stereocenters. The number of fused-ring (bicyclic) bond motifs is 1. The number of benzene rings is 2. The maximum absolute atomic E-state index is 12.0. The fraction of sp³-hybridized carbons (Fsp3) is 0.263. The first-order chi connectivity index (χ1) is 11.6. The van der Waals surface area contributed by atoms with Crippen molar-refractivity contribution in [3.8, 4) is 5.75 Å². The van der Waals surface area contributed by atoms with Crippen molar-refractivity contribution in [3.63, 3.8) is 0 Å². The summed E-state index contributed by atoms with van der Waals surface area (Å²) in [6.45, 7) is 1.80. The highest BCUT2D eigenvalue weighted by molar-refractivity contribution is 6.30. The second-order valence-corrected chi connectivity index (χ2v) is 6.24. The second kappa shape index (κ2) is 7.49. The van der Waals surface area contributed by atoms with Crippen LogP contribution in [-0.2, 0) is 11.2 Å². The van der Waals surface area contributed by atoms with E-state index in [0.717, 1.165) is 36.1 Å². The molecule has 1 aliphatic carbocycles. The van der Waals surface area contributed by atoms with E-state index in [2.05, 4.69) is 16.6 Å². The number of rotatable bonds is 4. The van der Waals surface area contributed by atoms with Gasteiger partial charge in [-0.1, -0.05) is 35.9 Å². The highest BCUT2D eigenvalue weighted by atomic mass is 35.5. The van der Waals surface area contributed by atoms with E-state index in [4.69, 9.17) is 16.3 Å². The molecule has 3 rings (SSSR count). The summed E-state index contributed by atoms with van der Waals surface area (Å²) in [4.78, 5) is 12.0. The minimum atomic E-state index is -0.278. The van der Waals surface area contributed by atoms with Gasteiger partial charge in [-0.15, -0.1) is 0 Å². The zero-order valence-electron chi connectivity index (χ0n) is 13.5. The van der Waals surface area contributed by atoms with E-state index in [-0.39, 0.29) is 12.5 Å². The average molecular weight is 343 g/mol. The average Bonchev–Trinajstić information content (AvgIpc) is 2.59. The number of carbonyl (C=O) groups is 1. The molecule has 2 aromatic rings. The maximum Gasteiger partial charge on any atom is 0.277 e. The van der Waals surface area contributed by atoms with Crippen molar-refractivity contribution in [1.82, 2.24) is 5.43 Å². The molecule has 1 amide bonds. The van der Waals surface area contributed by atoms with Crippen LogP contribution in [0.3, 0.4) is 0 Å². The summed E-state index contributed by atoms with van der Waals surface area (Å²) in [7, 11) is 0. The fourth-order valence-corrected chi connectivity index (χ4v) is 3.02. The van der Waals surface area contributed by atoms with Gasteiger partial charge in [0.15, 0.2) is 6.61 Å². The molecule has 2 aromatic carbocycles. The highest BCUT2D eigenvalue weighted by Gasteiger charge is 2.15. The first kappa shape index (κ1) is 16.5. The van der Waals surface area contributed by atoms with Gasteiger partial charge in [0.05, 0.1) is 5.71 Å². The Kier molecular flexibility index (Phi) is 5.16. The molecule has 4 nitrogen and oxygen atoms in total. The van der Waals surface area contributed by atoms with Crippen molar-refractivity contribution in [2.75, 3.05) is 6.61 Å². The Bertz CT molecular complexity index is 787. The zero-order valence-corrected chi connectivity index (χ0v) is 14.3. The van der Waals surface area contributed by atoms with Gasteiger partial charge in [0.2, 0.25) is 0 Å². The molecule has 0 aliphatic heterocycles. The van der Waals surface area contributed by atoms with E-state index >= 15 is 0 Å². The Morgan fingerprint density at radius 3 is 2.92 bits per heavy atom. The van der Waals surface area contributed by atoms with Crippen molar-refractivity contribution in [3.05, 3.63) is 64.2 Å². The number of hydrazone groups is 1. The molecule has 0 heterocycles. The lowest BCUT2D eigenvalue weighted by atomic mass is 9.90.